The van der Waals surface area contributed by atoms with Crippen molar-refractivity contribution in [2.45, 2.75) is 0 Å². The van der Waals surface area contributed by atoms with Gasteiger partial charge in [0, 0.05) is 0 Å². The van der Waals surface area contributed by atoms with E-state index in [1.165, 1.54) is 6.08 Å². The minimum absolute atomic E-state index is 0.289. The van der Waals surface area contributed by atoms with Crippen molar-refractivity contribution in [2.75, 3.05) is 0 Å². The molecule has 0 unspecified atom stereocenters. The Balaban J connectivity index is 0.000000224. The Morgan fingerprint density at radius 1 is 0.955 bits per heavy atom. The summed E-state index contributed by atoms with van der Waals surface area (Å²) in [6, 6.07) is 11.4. The van der Waals surface area contributed by atoms with Gasteiger partial charge in [-0.2, -0.15) is 0 Å². The normalized spacial score (nSPS) is 9.82. The maximum absolute atomic E-state index is 10.3. The van der Waals surface area contributed by atoms with Crippen LogP contribution in [-0.2, 0) is 4.79 Å². The van der Waals surface area contributed by atoms with Crippen LogP contribution < -0.4 is 0 Å². The van der Waals surface area contributed by atoms with E-state index in [0.29, 0.717) is 0 Å². The van der Waals surface area contributed by atoms with E-state index in [1.807, 2.05) is 30.3 Å². The van der Waals surface area contributed by atoms with Gasteiger partial charge in [-0.05, 0) is 23.8 Å². The van der Waals surface area contributed by atoms with Gasteiger partial charge in [-0.25, -0.2) is 4.79 Å². The first kappa shape index (κ1) is 16.8. The van der Waals surface area contributed by atoms with Crippen LogP contribution in [0, 0.1) is 0 Å². The smallest absolute Gasteiger partial charge is 0.335 e. The van der Waals surface area contributed by atoms with Crippen molar-refractivity contribution in [1.82, 2.24) is 0 Å². The first-order valence-electron chi connectivity index (χ1n) is 6.10. The molecule has 0 spiro atoms. The lowest BCUT2D eigenvalue weighted by Crippen LogP contribution is -1.95. The lowest BCUT2D eigenvalue weighted by molar-refractivity contribution is -0.104. The summed E-state index contributed by atoms with van der Waals surface area (Å²) in [6.07, 6.45) is 4.02. The first-order valence-corrected chi connectivity index (χ1v) is 6.10. The average molecular weight is 302 g/mol. The van der Waals surface area contributed by atoms with Crippen LogP contribution in [0.3, 0.4) is 0 Å². The molecule has 6 nitrogen and oxygen atoms in total. The fraction of sp³-hybridized carbons (Fsp3) is 0. The molecular formula is C16H14O6. The number of aromatic hydroxyl groups is 3. The van der Waals surface area contributed by atoms with E-state index in [-0.39, 0.29) is 5.56 Å². The summed E-state index contributed by atoms with van der Waals surface area (Å²) in [4.78, 5) is 20.2. The highest BCUT2D eigenvalue weighted by atomic mass is 16.4. The lowest BCUT2D eigenvalue weighted by atomic mass is 10.2. The number of allylic oxidation sites excluding steroid dienone is 1. The van der Waals surface area contributed by atoms with Gasteiger partial charge in [-0.15, -0.1) is 0 Å². The minimum Gasteiger partial charge on any atom is -0.504 e. The van der Waals surface area contributed by atoms with E-state index in [1.54, 1.807) is 6.08 Å². The zero-order valence-corrected chi connectivity index (χ0v) is 11.4. The van der Waals surface area contributed by atoms with Gasteiger partial charge in [-0.3, -0.25) is 4.79 Å². The highest BCUT2D eigenvalue weighted by Gasteiger charge is 2.11. The van der Waals surface area contributed by atoms with Crippen LogP contribution in [0.15, 0.2) is 48.5 Å². The van der Waals surface area contributed by atoms with E-state index in [0.717, 1.165) is 24.0 Å². The van der Waals surface area contributed by atoms with Crippen LogP contribution in [0.1, 0.15) is 15.9 Å². The predicted octanol–water partition coefficient (Wildman–Crippen LogP) is 2.40. The quantitative estimate of drug-likeness (QED) is 0.393. The van der Waals surface area contributed by atoms with Crippen molar-refractivity contribution >= 4 is 18.3 Å². The molecule has 0 aliphatic carbocycles. The molecule has 0 atom stereocenters. The van der Waals surface area contributed by atoms with Crippen molar-refractivity contribution in [3.8, 4) is 17.2 Å². The number of hydrogen-bond donors (Lipinski definition) is 4. The molecular weight excluding hydrogens is 288 g/mol. The molecule has 0 aliphatic heterocycles. The number of phenolic OH excluding ortho intramolecular Hbond substituents is 3. The van der Waals surface area contributed by atoms with E-state index in [4.69, 9.17) is 20.4 Å². The average Bonchev–Trinajstić information content (AvgIpc) is 2.51. The van der Waals surface area contributed by atoms with E-state index >= 15 is 0 Å². The van der Waals surface area contributed by atoms with Gasteiger partial charge in [0.05, 0.1) is 5.56 Å². The molecule has 2 aromatic carbocycles. The Hall–Kier alpha value is -3.28. The highest BCUT2D eigenvalue weighted by Crippen LogP contribution is 2.35. The molecule has 2 rings (SSSR count). The minimum atomic E-state index is -1.29. The van der Waals surface area contributed by atoms with E-state index < -0.39 is 23.2 Å². The van der Waals surface area contributed by atoms with Gasteiger partial charge in [0.25, 0.3) is 0 Å². The van der Waals surface area contributed by atoms with Gasteiger partial charge in [-0.1, -0.05) is 36.4 Å². The number of hydrogen-bond acceptors (Lipinski definition) is 5. The topological polar surface area (TPSA) is 115 Å². The number of carboxylic acid groups (broad SMARTS) is 1. The second-order valence-corrected chi connectivity index (χ2v) is 4.07. The number of aromatic carboxylic acids is 1. The zero-order chi connectivity index (χ0) is 16.5. The number of carboxylic acids is 1. The van der Waals surface area contributed by atoms with Crippen LogP contribution in [0.25, 0.3) is 6.08 Å². The predicted molar refractivity (Wildman–Crippen MR) is 79.9 cm³/mol. The van der Waals surface area contributed by atoms with E-state index in [9.17, 15) is 9.59 Å². The molecule has 2 aromatic rings. The van der Waals surface area contributed by atoms with Crippen LogP contribution in [-0.4, -0.2) is 32.7 Å². The molecule has 22 heavy (non-hydrogen) atoms. The maximum atomic E-state index is 10.3. The molecule has 0 bridgehead atoms. The lowest BCUT2D eigenvalue weighted by Gasteiger charge is -2.01. The fourth-order valence-electron chi connectivity index (χ4n) is 1.44. The molecule has 0 aromatic heterocycles. The second-order valence-electron chi connectivity index (χ2n) is 4.07. The van der Waals surface area contributed by atoms with Crippen LogP contribution in [0.5, 0.6) is 17.2 Å². The summed E-state index contributed by atoms with van der Waals surface area (Å²) in [5.41, 5.74) is 0.761. The zero-order valence-electron chi connectivity index (χ0n) is 11.4. The molecule has 0 amide bonds. The van der Waals surface area contributed by atoms with Crippen LogP contribution in [0.4, 0.5) is 0 Å². The Kier molecular flexibility index (Phi) is 6.18. The Morgan fingerprint density at radius 3 is 1.95 bits per heavy atom. The summed E-state index contributed by atoms with van der Waals surface area (Å²) in [6.45, 7) is 0. The van der Waals surface area contributed by atoms with Crippen molar-refractivity contribution in [3.63, 3.8) is 0 Å². The third-order valence-corrected chi connectivity index (χ3v) is 2.48. The van der Waals surface area contributed by atoms with Crippen molar-refractivity contribution in [3.05, 3.63) is 59.7 Å². The van der Waals surface area contributed by atoms with E-state index in [2.05, 4.69) is 0 Å². The summed E-state index contributed by atoms with van der Waals surface area (Å²) in [7, 11) is 0. The molecule has 114 valence electrons. The number of carbonyl (C=O) groups excluding carboxylic acids is 1. The van der Waals surface area contributed by atoms with Crippen molar-refractivity contribution in [2.24, 2.45) is 0 Å². The van der Waals surface area contributed by atoms with Crippen LogP contribution in [0.2, 0.25) is 0 Å². The van der Waals surface area contributed by atoms with Gasteiger partial charge in [0.2, 0.25) is 0 Å². The fourth-order valence-corrected chi connectivity index (χ4v) is 1.44. The molecule has 4 N–H and O–H groups in total. The molecule has 0 fully saturated rings. The second kappa shape index (κ2) is 8.11. The highest BCUT2D eigenvalue weighted by molar-refractivity contribution is 5.89. The standard InChI is InChI=1S/C9H8O.C7H6O5/c10-8-4-7-9-5-2-1-3-6-9;8-4-1-3(7(11)12)2-5(9)6(4)10/h1-8H;1-2,8-10H,(H,11,12)/b7-4+;. The molecule has 0 saturated carbocycles. The van der Waals surface area contributed by atoms with Crippen LogP contribution >= 0.6 is 0 Å². The molecule has 0 aliphatic rings. The molecule has 0 saturated heterocycles. The monoisotopic (exact) mass is 302 g/mol. The third-order valence-electron chi connectivity index (χ3n) is 2.48. The third kappa shape index (κ3) is 5.01. The summed E-state index contributed by atoms with van der Waals surface area (Å²) in [5.74, 6) is -3.33. The summed E-state index contributed by atoms with van der Waals surface area (Å²) in [5, 5.41) is 35.0. The van der Waals surface area contributed by atoms with Gasteiger partial charge in [0.15, 0.2) is 17.2 Å². The Bertz CT molecular complexity index is 653. The maximum Gasteiger partial charge on any atom is 0.335 e. The number of phenols is 3. The SMILES string of the molecule is O=C(O)c1cc(O)c(O)c(O)c1.O=C/C=C/c1ccccc1. The van der Waals surface area contributed by atoms with Crippen molar-refractivity contribution < 1.29 is 30.0 Å². The van der Waals surface area contributed by atoms with Gasteiger partial charge >= 0.3 is 5.97 Å². The number of rotatable bonds is 3. The largest absolute Gasteiger partial charge is 0.504 e. The Morgan fingerprint density at radius 2 is 1.50 bits per heavy atom. The molecule has 0 radical (unpaired) electrons. The molecule has 6 heteroatoms. The summed E-state index contributed by atoms with van der Waals surface area (Å²) < 4.78 is 0. The van der Waals surface area contributed by atoms with Gasteiger partial charge < -0.3 is 20.4 Å². The number of carbonyl (C=O) groups is 2. The van der Waals surface area contributed by atoms with Gasteiger partial charge in [0.1, 0.15) is 6.29 Å². The number of aldehydes is 1. The Labute approximate surface area is 126 Å². The molecule has 0 heterocycles. The summed E-state index contributed by atoms with van der Waals surface area (Å²) >= 11 is 0. The first-order chi connectivity index (χ1) is 10.5. The van der Waals surface area contributed by atoms with Crippen molar-refractivity contribution in [1.29, 1.82) is 0 Å². The number of benzene rings is 2.